The molecule has 0 aliphatic carbocycles. The highest BCUT2D eigenvalue weighted by molar-refractivity contribution is 5.67. The Kier molecular flexibility index (Phi) is 6.02. The van der Waals surface area contributed by atoms with Crippen molar-refractivity contribution in [3.8, 4) is 11.5 Å². The second kappa shape index (κ2) is 8.22. The lowest BCUT2D eigenvalue weighted by atomic mass is 10.2. The minimum absolute atomic E-state index is 0.698. The number of nitrogens with zero attached hydrogens (tertiary/aromatic N) is 3. The molecule has 2 aromatic rings. The Labute approximate surface area is 137 Å². The summed E-state index contributed by atoms with van der Waals surface area (Å²) >= 11 is 0. The van der Waals surface area contributed by atoms with E-state index in [0.29, 0.717) is 5.75 Å². The first kappa shape index (κ1) is 16.9. The Balaban J connectivity index is 2.17. The van der Waals surface area contributed by atoms with E-state index in [2.05, 4.69) is 27.1 Å². The Morgan fingerprint density at radius 1 is 1.13 bits per heavy atom. The molecule has 2 rings (SSSR count). The summed E-state index contributed by atoms with van der Waals surface area (Å²) in [4.78, 5) is 10.7. The van der Waals surface area contributed by atoms with E-state index < -0.39 is 0 Å². The van der Waals surface area contributed by atoms with Crippen LogP contribution in [0.5, 0.6) is 11.5 Å². The fourth-order valence-electron chi connectivity index (χ4n) is 2.17. The zero-order valence-electron chi connectivity index (χ0n) is 14.2. The van der Waals surface area contributed by atoms with E-state index in [-0.39, 0.29) is 0 Å². The Bertz CT molecular complexity index is 634. The molecule has 0 spiro atoms. The molecule has 0 aliphatic rings. The lowest BCUT2D eigenvalue weighted by Crippen LogP contribution is -2.19. The molecule has 0 unspecified atom stereocenters. The van der Waals surface area contributed by atoms with Crippen LogP contribution in [-0.4, -0.2) is 37.8 Å². The van der Waals surface area contributed by atoms with E-state index in [0.717, 1.165) is 42.5 Å². The van der Waals surface area contributed by atoms with Crippen LogP contribution >= 0.6 is 0 Å². The molecule has 23 heavy (non-hydrogen) atoms. The van der Waals surface area contributed by atoms with E-state index >= 15 is 0 Å². The summed E-state index contributed by atoms with van der Waals surface area (Å²) in [6.07, 6.45) is 3.86. The number of aromatic nitrogens is 2. The van der Waals surface area contributed by atoms with Gasteiger partial charge >= 0.3 is 0 Å². The molecule has 1 aromatic carbocycles. The van der Waals surface area contributed by atoms with Crippen LogP contribution in [-0.2, 0) is 0 Å². The fraction of sp³-hybridized carbons (Fsp3) is 0.412. The van der Waals surface area contributed by atoms with Crippen LogP contribution in [0.25, 0.3) is 0 Å². The molecule has 1 heterocycles. The third-order valence-corrected chi connectivity index (χ3v) is 3.56. The molecule has 0 atom stereocenters. The molecule has 6 heteroatoms. The van der Waals surface area contributed by atoms with E-state index in [1.54, 1.807) is 20.5 Å². The lowest BCUT2D eigenvalue weighted by molar-refractivity contribution is 0.395. The molecule has 0 radical (unpaired) electrons. The van der Waals surface area contributed by atoms with Gasteiger partial charge in [0.1, 0.15) is 29.5 Å². The van der Waals surface area contributed by atoms with Crippen molar-refractivity contribution in [2.75, 3.05) is 38.0 Å². The van der Waals surface area contributed by atoms with Gasteiger partial charge in [0, 0.05) is 25.7 Å². The third-order valence-electron chi connectivity index (χ3n) is 3.56. The molecule has 0 saturated heterocycles. The Hall–Kier alpha value is -2.50. The van der Waals surface area contributed by atoms with Gasteiger partial charge in [-0.1, -0.05) is 13.3 Å². The molecule has 0 fully saturated rings. The number of rotatable bonds is 8. The summed E-state index contributed by atoms with van der Waals surface area (Å²) in [6, 6.07) is 7.54. The highest BCUT2D eigenvalue weighted by atomic mass is 16.5. The monoisotopic (exact) mass is 316 g/mol. The smallest absolute Gasteiger partial charge is 0.146 e. The number of nitrogens with one attached hydrogen (secondary N) is 1. The number of benzene rings is 1. The van der Waals surface area contributed by atoms with Gasteiger partial charge in [0.05, 0.1) is 19.9 Å². The van der Waals surface area contributed by atoms with Crippen LogP contribution < -0.4 is 19.7 Å². The number of hydrogen-bond acceptors (Lipinski definition) is 6. The van der Waals surface area contributed by atoms with Crippen LogP contribution in [0.2, 0.25) is 0 Å². The second-order valence-corrected chi connectivity index (χ2v) is 5.23. The van der Waals surface area contributed by atoms with Crippen LogP contribution in [0.3, 0.4) is 0 Å². The van der Waals surface area contributed by atoms with E-state index in [4.69, 9.17) is 9.47 Å². The minimum Gasteiger partial charge on any atom is -0.497 e. The van der Waals surface area contributed by atoms with E-state index in [1.807, 2.05) is 31.3 Å². The fourth-order valence-corrected chi connectivity index (χ4v) is 2.17. The van der Waals surface area contributed by atoms with Crippen LogP contribution in [0.4, 0.5) is 17.3 Å². The molecular formula is C17H24N4O2. The Morgan fingerprint density at radius 2 is 1.96 bits per heavy atom. The van der Waals surface area contributed by atoms with Crippen molar-refractivity contribution in [3.05, 3.63) is 30.6 Å². The Morgan fingerprint density at radius 3 is 2.65 bits per heavy atom. The summed E-state index contributed by atoms with van der Waals surface area (Å²) in [5.74, 6) is 3.06. The van der Waals surface area contributed by atoms with Gasteiger partial charge in [-0.3, -0.25) is 0 Å². The van der Waals surface area contributed by atoms with E-state index in [1.165, 1.54) is 0 Å². The molecule has 0 amide bonds. The largest absolute Gasteiger partial charge is 0.497 e. The quantitative estimate of drug-likeness (QED) is 0.804. The first-order valence-electron chi connectivity index (χ1n) is 7.70. The van der Waals surface area contributed by atoms with Gasteiger partial charge in [-0.25, -0.2) is 9.97 Å². The average Bonchev–Trinajstić information content (AvgIpc) is 2.60. The van der Waals surface area contributed by atoms with Crippen LogP contribution in [0.15, 0.2) is 30.6 Å². The number of anilines is 3. The van der Waals surface area contributed by atoms with Crippen molar-refractivity contribution in [2.24, 2.45) is 0 Å². The molecule has 1 aromatic heterocycles. The van der Waals surface area contributed by atoms with Gasteiger partial charge in [-0.05, 0) is 18.6 Å². The van der Waals surface area contributed by atoms with Gasteiger partial charge in [0.15, 0.2) is 0 Å². The molecule has 0 saturated carbocycles. The van der Waals surface area contributed by atoms with Crippen molar-refractivity contribution in [3.63, 3.8) is 0 Å². The predicted octanol–water partition coefficient (Wildman–Crippen LogP) is 3.47. The molecule has 1 N–H and O–H groups in total. The van der Waals surface area contributed by atoms with Crippen molar-refractivity contribution >= 4 is 17.3 Å². The molecule has 0 aliphatic heterocycles. The zero-order valence-corrected chi connectivity index (χ0v) is 14.2. The van der Waals surface area contributed by atoms with E-state index in [9.17, 15) is 0 Å². The summed E-state index contributed by atoms with van der Waals surface area (Å²) in [6.45, 7) is 3.15. The lowest BCUT2D eigenvalue weighted by Gasteiger charge is -2.18. The number of unbranched alkanes of at least 4 members (excludes halogenated alkanes) is 1. The summed E-state index contributed by atoms with van der Waals surface area (Å²) in [5.41, 5.74) is 0.828. The standard InChI is InChI=1S/C17H24N4O2/c1-5-6-9-21(2)17-11-16(18-12-19-17)20-14-8-7-13(22-3)10-15(14)23-4/h7-8,10-12H,5-6,9H2,1-4H3,(H,18,19,20). The molecule has 0 bridgehead atoms. The molecule has 6 nitrogen and oxygen atoms in total. The number of ether oxygens (including phenoxy) is 2. The SMILES string of the molecule is CCCCN(C)c1cc(Nc2ccc(OC)cc2OC)ncn1. The summed E-state index contributed by atoms with van der Waals surface area (Å²) < 4.78 is 10.6. The highest BCUT2D eigenvalue weighted by Crippen LogP contribution is 2.31. The van der Waals surface area contributed by atoms with Gasteiger partial charge in [-0.15, -0.1) is 0 Å². The van der Waals surface area contributed by atoms with Gasteiger partial charge in [0.2, 0.25) is 0 Å². The first-order chi connectivity index (χ1) is 11.2. The van der Waals surface area contributed by atoms with Crippen molar-refractivity contribution in [2.45, 2.75) is 19.8 Å². The van der Waals surface area contributed by atoms with Gasteiger partial charge in [0.25, 0.3) is 0 Å². The summed E-state index contributed by atoms with van der Waals surface area (Å²) in [5, 5.41) is 3.27. The van der Waals surface area contributed by atoms with Crippen LogP contribution in [0.1, 0.15) is 19.8 Å². The predicted molar refractivity (Wildman–Crippen MR) is 93.0 cm³/mol. The van der Waals surface area contributed by atoms with Gasteiger partial charge in [-0.2, -0.15) is 0 Å². The minimum atomic E-state index is 0.698. The van der Waals surface area contributed by atoms with Crippen molar-refractivity contribution in [1.29, 1.82) is 0 Å². The molecule has 124 valence electrons. The topological polar surface area (TPSA) is 59.5 Å². The zero-order chi connectivity index (χ0) is 16.7. The third kappa shape index (κ3) is 4.48. The normalized spacial score (nSPS) is 10.3. The maximum absolute atomic E-state index is 5.39. The second-order valence-electron chi connectivity index (χ2n) is 5.23. The maximum atomic E-state index is 5.39. The molecular weight excluding hydrogens is 292 g/mol. The average molecular weight is 316 g/mol. The maximum Gasteiger partial charge on any atom is 0.146 e. The number of methoxy groups -OCH3 is 2. The summed E-state index contributed by atoms with van der Waals surface area (Å²) in [7, 11) is 5.30. The van der Waals surface area contributed by atoms with Crippen molar-refractivity contribution in [1.82, 2.24) is 9.97 Å². The van der Waals surface area contributed by atoms with Crippen molar-refractivity contribution < 1.29 is 9.47 Å². The number of hydrogen-bond donors (Lipinski definition) is 1. The van der Waals surface area contributed by atoms with Gasteiger partial charge < -0.3 is 19.7 Å². The first-order valence-corrected chi connectivity index (χ1v) is 7.70. The van der Waals surface area contributed by atoms with Crippen LogP contribution in [0, 0.1) is 0 Å². The highest BCUT2D eigenvalue weighted by Gasteiger charge is 2.08.